The van der Waals surface area contributed by atoms with Crippen LogP contribution in [0.15, 0.2) is 53.0 Å². The van der Waals surface area contributed by atoms with E-state index in [0.29, 0.717) is 24.5 Å². The number of anilines is 1. The highest BCUT2D eigenvalue weighted by Crippen LogP contribution is 2.19. The molecular formula is C19H22BrN3O3. The molecule has 2 aromatic carbocycles. The van der Waals surface area contributed by atoms with Gasteiger partial charge in [-0.15, -0.1) is 0 Å². The zero-order valence-corrected chi connectivity index (χ0v) is 16.4. The van der Waals surface area contributed by atoms with E-state index >= 15 is 0 Å². The molecule has 0 saturated heterocycles. The number of urea groups is 1. The summed E-state index contributed by atoms with van der Waals surface area (Å²) in [6, 6.07) is 14.5. The van der Waals surface area contributed by atoms with Crippen molar-refractivity contribution in [1.82, 2.24) is 10.2 Å². The standard InChI is InChI=1S/C19H22BrN3O3/c1-3-21-18(24)13-26-16-10-8-15(9-11-16)22-19(25)23(2)12-14-6-4-5-7-17(14)20/h4-11H,3,12-13H2,1-2H3,(H,21,24)(H,22,25). The molecule has 0 spiro atoms. The molecule has 7 heteroatoms. The lowest BCUT2D eigenvalue weighted by Crippen LogP contribution is -2.31. The van der Waals surface area contributed by atoms with E-state index in [1.54, 1.807) is 36.2 Å². The lowest BCUT2D eigenvalue weighted by Gasteiger charge is -2.19. The predicted octanol–water partition coefficient (Wildman–Crippen LogP) is 3.63. The van der Waals surface area contributed by atoms with Crippen molar-refractivity contribution in [3.63, 3.8) is 0 Å². The maximum Gasteiger partial charge on any atom is 0.321 e. The highest BCUT2D eigenvalue weighted by Gasteiger charge is 2.11. The van der Waals surface area contributed by atoms with Crippen LogP contribution >= 0.6 is 15.9 Å². The van der Waals surface area contributed by atoms with Crippen molar-refractivity contribution in [2.24, 2.45) is 0 Å². The fraction of sp³-hybridized carbons (Fsp3) is 0.263. The largest absolute Gasteiger partial charge is 0.484 e. The fourth-order valence-corrected chi connectivity index (χ4v) is 2.61. The number of hydrogen-bond donors (Lipinski definition) is 2. The summed E-state index contributed by atoms with van der Waals surface area (Å²) < 4.78 is 6.35. The first-order chi connectivity index (χ1) is 12.5. The van der Waals surface area contributed by atoms with E-state index in [2.05, 4.69) is 26.6 Å². The molecule has 0 saturated carbocycles. The Morgan fingerprint density at radius 1 is 1.12 bits per heavy atom. The van der Waals surface area contributed by atoms with Crippen molar-refractivity contribution >= 4 is 33.6 Å². The predicted molar refractivity (Wildman–Crippen MR) is 105 cm³/mol. The van der Waals surface area contributed by atoms with Gasteiger partial charge in [0.15, 0.2) is 6.61 Å². The quantitative estimate of drug-likeness (QED) is 0.719. The normalized spacial score (nSPS) is 10.1. The van der Waals surface area contributed by atoms with Gasteiger partial charge in [0.25, 0.3) is 5.91 Å². The molecule has 26 heavy (non-hydrogen) atoms. The van der Waals surface area contributed by atoms with Crippen molar-refractivity contribution in [3.8, 4) is 5.75 Å². The van der Waals surface area contributed by atoms with Gasteiger partial charge in [-0.2, -0.15) is 0 Å². The fourth-order valence-electron chi connectivity index (χ4n) is 2.20. The maximum absolute atomic E-state index is 12.3. The zero-order chi connectivity index (χ0) is 18.9. The van der Waals surface area contributed by atoms with Gasteiger partial charge in [0, 0.05) is 30.3 Å². The van der Waals surface area contributed by atoms with Gasteiger partial charge >= 0.3 is 6.03 Å². The molecule has 2 aromatic rings. The Balaban J connectivity index is 1.86. The van der Waals surface area contributed by atoms with Crippen LogP contribution < -0.4 is 15.4 Å². The maximum atomic E-state index is 12.3. The van der Waals surface area contributed by atoms with E-state index < -0.39 is 0 Å². The molecule has 3 amide bonds. The SMILES string of the molecule is CCNC(=O)COc1ccc(NC(=O)N(C)Cc2ccccc2Br)cc1. The Morgan fingerprint density at radius 3 is 2.46 bits per heavy atom. The van der Waals surface area contributed by atoms with Gasteiger partial charge in [-0.3, -0.25) is 4.79 Å². The van der Waals surface area contributed by atoms with Crippen molar-refractivity contribution in [2.45, 2.75) is 13.5 Å². The summed E-state index contributed by atoms with van der Waals surface area (Å²) in [4.78, 5) is 25.3. The second kappa shape index (κ2) is 9.82. The van der Waals surface area contributed by atoms with Crippen LogP contribution in [0.2, 0.25) is 0 Å². The third-order valence-corrected chi connectivity index (χ3v) is 4.34. The van der Waals surface area contributed by atoms with Crippen LogP contribution in [-0.2, 0) is 11.3 Å². The van der Waals surface area contributed by atoms with E-state index in [9.17, 15) is 9.59 Å². The Morgan fingerprint density at radius 2 is 1.81 bits per heavy atom. The average molecular weight is 420 g/mol. The first kappa shape index (κ1) is 19.8. The molecule has 0 aliphatic heterocycles. The van der Waals surface area contributed by atoms with Crippen molar-refractivity contribution in [1.29, 1.82) is 0 Å². The summed E-state index contributed by atoms with van der Waals surface area (Å²) in [5.74, 6) is 0.398. The number of carbonyl (C=O) groups excluding carboxylic acids is 2. The molecule has 0 bridgehead atoms. The van der Waals surface area contributed by atoms with Crippen LogP contribution in [0.5, 0.6) is 5.75 Å². The minimum absolute atomic E-state index is 0.0335. The highest BCUT2D eigenvalue weighted by molar-refractivity contribution is 9.10. The average Bonchev–Trinajstić information content (AvgIpc) is 2.63. The minimum atomic E-state index is -0.211. The van der Waals surface area contributed by atoms with Gasteiger partial charge in [0.1, 0.15) is 5.75 Å². The molecule has 0 unspecified atom stereocenters. The molecule has 138 valence electrons. The van der Waals surface area contributed by atoms with Gasteiger partial charge in [-0.25, -0.2) is 4.79 Å². The summed E-state index contributed by atoms with van der Waals surface area (Å²) in [5, 5.41) is 5.49. The summed E-state index contributed by atoms with van der Waals surface area (Å²) in [5.41, 5.74) is 1.68. The Hall–Kier alpha value is -2.54. The van der Waals surface area contributed by atoms with E-state index in [1.807, 2.05) is 31.2 Å². The zero-order valence-electron chi connectivity index (χ0n) is 14.8. The lowest BCUT2D eigenvalue weighted by atomic mass is 10.2. The number of nitrogens with zero attached hydrogens (tertiary/aromatic N) is 1. The monoisotopic (exact) mass is 419 g/mol. The summed E-state index contributed by atoms with van der Waals surface area (Å²) >= 11 is 3.48. The van der Waals surface area contributed by atoms with Gasteiger partial charge in [0.05, 0.1) is 0 Å². The molecule has 0 aliphatic rings. The van der Waals surface area contributed by atoms with Crippen LogP contribution in [0.3, 0.4) is 0 Å². The van der Waals surface area contributed by atoms with E-state index in [0.717, 1.165) is 10.0 Å². The summed E-state index contributed by atoms with van der Waals surface area (Å²) in [6.45, 7) is 2.87. The van der Waals surface area contributed by atoms with E-state index in [-0.39, 0.29) is 18.5 Å². The first-order valence-electron chi connectivity index (χ1n) is 8.24. The van der Waals surface area contributed by atoms with Crippen LogP contribution in [0.1, 0.15) is 12.5 Å². The molecule has 0 radical (unpaired) electrons. The molecule has 6 nitrogen and oxygen atoms in total. The topological polar surface area (TPSA) is 70.7 Å². The molecule has 0 aromatic heterocycles. The third-order valence-electron chi connectivity index (χ3n) is 3.56. The summed E-state index contributed by atoms with van der Waals surface area (Å²) in [6.07, 6.45) is 0. The van der Waals surface area contributed by atoms with Crippen LogP contribution in [0, 0.1) is 0 Å². The van der Waals surface area contributed by atoms with Crippen molar-refractivity contribution < 1.29 is 14.3 Å². The van der Waals surface area contributed by atoms with Gasteiger partial charge in [0.2, 0.25) is 0 Å². The Labute approximate surface area is 161 Å². The van der Waals surface area contributed by atoms with Crippen LogP contribution in [-0.4, -0.2) is 37.0 Å². The van der Waals surface area contributed by atoms with Crippen molar-refractivity contribution in [2.75, 3.05) is 25.5 Å². The minimum Gasteiger partial charge on any atom is -0.484 e. The second-order valence-electron chi connectivity index (χ2n) is 5.64. The smallest absolute Gasteiger partial charge is 0.321 e. The number of carbonyl (C=O) groups is 2. The number of hydrogen-bond acceptors (Lipinski definition) is 3. The highest BCUT2D eigenvalue weighted by atomic mass is 79.9. The molecule has 2 rings (SSSR count). The second-order valence-corrected chi connectivity index (χ2v) is 6.50. The first-order valence-corrected chi connectivity index (χ1v) is 9.04. The van der Waals surface area contributed by atoms with Crippen LogP contribution in [0.4, 0.5) is 10.5 Å². The molecular weight excluding hydrogens is 398 g/mol. The molecule has 0 aliphatic carbocycles. The number of likely N-dealkylation sites (N-methyl/N-ethyl adjacent to an activating group) is 1. The van der Waals surface area contributed by atoms with Gasteiger partial charge < -0.3 is 20.3 Å². The van der Waals surface area contributed by atoms with E-state index in [1.165, 1.54) is 0 Å². The summed E-state index contributed by atoms with van der Waals surface area (Å²) in [7, 11) is 1.73. The molecule has 2 N–H and O–H groups in total. The molecule has 0 heterocycles. The number of nitrogens with one attached hydrogen (secondary N) is 2. The Bertz CT molecular complexity index is 750. The van der Waals surface area contributed by atoms with Gasteiger partial charge in [-0.05, 0) is 42.8 Å². The number of amides is 3. The van der Waals surface area contributed by atoms with E-state index in [4.69, 9.17) is 4.74 Å². The lowest BCUT2D eigenvalue weighted by molar-refractivity contribution is -0.122. The molecule has 0 atom stereocenters. The molecule has 0 fully saturated rings. The third kappa shape index (κ3) is 6.07. The number of benzene rings is 2. The Kier molecular flexibility index (Phi) is 7.47. The number of rotatable bonds is 7. The van der Waals surface area contributed by atoms with Crippen LogP contribution in [0.25, 0.3) is 0 Å². The van der Waals surface area contributed by atoms with Crippen molar-refractivity contribution in [3.05, 3.63) is 58.6 Å². The number of ether oxygens (including phenoxy) is 1. The van der Waals surface area contributed by atoms with Gasteiger partial charge in [-0.1, -0.05) is 34.1 Å². The number of halogens is 1.